The minimum Gasteiger partial charge on any atom is -0.462 e. The van der Waals surface area contributed by atoms with Crippen LogP contribution in [-0.4, -0.2) is 96.7 Å². The zero-order valence-electron chi connectivity index (χ0n) is 72.2. The molecule has 0 amide bonds. The van der Waals surface area contributed by atoms with Crippen LogP contribution >= 0.6 is 15.6 Å². The van der Waals surface area contributed by atoms with Gasteiger partial charge in [-0.05, 0) is 49.4 Å². The van der Waals surface area contributed by atoms with Gasteiger partial charge >= 0.3 is 39.5 Å². The summed E-state index contributed by atoms with van der Waals surface area (Å²) in [4.78, 5) is 73.4. The molecule has 0 aromatic carbocycles. The van der Waals surface area contributed by atoms with Crippen LogP contribution in [0.15, 0.2) is 0 Å². The van der Waals surface area contributed by atoms with E-state index in [1.165, 1.54) is 276 Å². The quantitative estimate of drug-likeness (QED) is 0.0222. The fourth-order valence-electron chi connectivity index (χ4n) is 14.0. The van der Waals surface area contributed by atoms with Gasteiger partial charge < -0.3 is 33.8 Å². The van der Waals surface area contributed by atoms with E-state index in [0.717, 1.165) is 114 Å². The molecule has 0 aliphatic heterocycles. The van der Waals surface area contributed by atoms with Gasteiger partial charge in [-0.2, -0.15) is 0 Å². The number of phosphoric acid groups is 2. The van der Waals surface area contributed by atoms with Crippen molar-refractivity contribution in [2.75, 3.05) is 39.6 Å². The number of ether oxygens (including phenoxy) is 4. The van der Waals surface area contributed by atoms with Gasteiger partial charge in [0.25, 0.3) is 0 Å². The highest BCUT2D eigenvalue weighted by Crippen LogP contribution is 2.45. The molecule has 17 nitrogen and oxygen atoms in total. The molecule has 3 unspecified atom stereocenters. The molecular formula is C90H176O17P2. The number of carbonyl (C=O) groups excluding carboxylic acids is 4. The summed E-state index contributed by atoms with van der Waals surface area (Å²) in [6.07, 6.45) is 69.5. The maximum Gasteiger partial charge on any atom is 0.472 e. The number of hydrogen-bond donors (Lipinski definition) is 3. The number of hydrogen-bond acceptors (Lipinski definition) is 15. The van der Waals surface area contributed by atoms with Crippen LogP contribution in [0.3, 0.4) is 0 Å². The predicted molar refractivity (Wildman–Crippen MR) is 451 cm³/mol. The second kappa shape index (κ2) is 78.6. The summed E-state index contributed by atoms with van der Waals surface area (Å²) in [5.41, 5.74) is 0. The van der Waals surface area contributed by atoms with Crippen molar-refractivity contribution >= 4 is 39.5 Å². The van der Waals surface area contributed by atoms with Crippen LogP contribution in [0.1, 0.15) is 473 Å². The fraction of sp³-hybridized carbons (Fsp3) is 0.956. The van der Waals surface area contributed by atoms with Crippen molar-refractivity contribution < 1.29 is 80.2 Å². The third-order valence-electron chi connectivity index (χ3n) is 21.4. The average molecular weight is 1590 g/mol. The molecule has 648 valence electrons. The lowest BCUT2D eigenvalue weighted by Gasteiger charge is -2.21. The number of aliphatic hydroxyl groups excluding tert-OH is 1. The van der Waals surface area contributed by atoms with Crippen molar-refractivity contribution in [1.29, 1.82) is 0 Å². The van der Waals surface area contributed by atoms with Crippen molar-refractivity contribution in [1.82, 2.24) is 0 Å². The molecule has 0 heterocycles. The molecule has 6 atom stereocenters. The van der Waals surface area contributed by atoms with Gasteiger partial charge in [0.05, 0.1) is 26.4 Å². The monoisotopic (exact) mass is 1590 g/mol. The summed E-state index contributed by atoms with van der Waals surface area (Å²) in [6, 6.07) is 0. The third-order valence-corrected chi connectivity index (χ3v) is 23.3. The van der Waals surface area contributed by atoms with Crippen LogP contribution in [0, 0.1) is 23.7 Å². The summed E-state index contributed by atoms with van der Waals surface area (Å²) < 4.78 is 69.0. The van der Waals surface area contributed by atoms with Crippen molar-refractivity contribution in [2.24, 2.45) is 23.7 Å². The zero-order chi connectivity index (χ0) is 80.2. The zero-order valence-corrected chi connectivity index (χ0v) is 74.0. The van der Waals surface area contributed by atoms with E-state index < -0.39 is 97.5 Å². The highest BCUT2D eigenvalue weighted by molar-refractivity contribution is 7.47. The van der Waals surface area contributed by atoms with E-state index >= 15 is 0 Å². The smallest absolute Gasteiger partial charge is 0.462 e. The van der Waals surface area contributed by atoms with Gasteiger partial charge in [0.1, 0.15) is 19.3 Å². The first kappa shape index (κ1) is 107. The second-order valence-electron chi connectivity index (χ2n) is 34.0. The van der Waals surface area contributed by atoms with Crippen molar-refractivity contribution in [3.05, 3.63) is 0 Å². The van der Waals surface area contributed by atoms with Crippen molar-refractivity contribution in [3.8, 4) is 0 Å². The summed E-state index contributed by atoms with van der Waals surface area (Å²) in [7, 11) is -9.94. The van der Waals surface area contributed by atoms with Gasteiger partial charge in [-0.3, -0.25) is 37.3 Å². The number of carbonyl (C=O) groups is 4. The van der Waals surface area contributed by atoms with E-state index in [4.69, 9.17) is 37.0 Å². The Kier molecular flexibility index (Phi) is 77.2. The van der Waals surface area contributed by atoms with E-state index in [2.05, 4.69) is 55.4 Å². The third kappa shape index (κ3) is 82.4. The van der Waals surface area contributed by atoms with Gasteiger partial charge in [0.15, 0.2) is 12.2 Å². The lowest BCUT2D eigenvalue weighted by atomic mass is 9.99. The fourth-order valence-corrected chi connectivity index (χ4v) is 15.6. The maximum atomic E-state index is 13.2. The Morgan fingerprint density at radius 3 is 0.651 bits per heavy atom. The molecule has 0 rings (SSSR count). The molecule has 0 bridgehead atoms. The number of aliphatic hydroxyl groups is 1. The van der Waals surface area contributed by atoms with Gasteiger partial charge in [-0.15, -0.1) is 0 Å². The highest BCUT2D eigenvalue weighted by Gasteiger charge is 2.31. The minimum atomic E-state index is -4.97. The molecular weight excluding hydrogens is 1410 g/mol. The Labute approximate surface area is 670 Å². The molecule has 0 aliphatic rings. The van der Waals surface area contributed by atoms with E-state index in [1.54, 1.807) is 0 Å². The van der Waals surface area contributed by atoms with Gasteiger partial charge in [0.2, 0.25) is 0 Å². The van der Waals surface area contributed by atoms with E-state index in [9.17, 15) is 43.2 Å². The number of phosphoric ester groups is 2. The van der Waals surface area contributed by atoms with E-state index in [-0.39, 0.29) is 25.7 Å². The lowest BCUT2D eigenvalue weighted by molar-refractivity contribution is -0.161. The molecule has 0 aliphatic carbocycles. The Hall–Kier alpha value is -1.94. The summed E-state index contributed by atoms with van der Waals surface area (Å²) in [6.45, 7) is 14.4. The lowest BCUT2D eigenvalue weighted by Crippen LogP contribution is -2.30. The highest BCUT2D eigenvalue weighted by atomic mass is 31.2. The molecule has 3 N–H and O–H groups in total. The van der Waals surface area contributed by atoms with Crippen molar-refractivity contribution in [3.63, 3.8) is 0 Å². The molecule has 19 heteroatoms. The molecule has 0 fully saturated rings. The summed E-state index contributed by atoms with van der Waals surface area (Å²) in [5.74, 6) is 1.10. The first-order valence-electron chi connectivity index (χ1n) is 46.2. The van der Waals surface area contributed by atoms with Crippen LogP contribution in [0.4, 0.5) is 0 Å². The topological polar surface area (TPSA) is 237 Å². The van der Waals surface area contributed by atoms with Crippen LogP contribution in [0.2, 0.25) is 0 Å². The maximum absolute atomic E-state index is 13.2. The second-order valence-corrected chi connectivity index (χ2v) is 36.9. The normalized spacial score (nSPS) is 14.1. The molecule has 0 saturated carbocycles. The summed E-state index contributed by atoms with van der Waals surface area (Å²) in [5, 5.41) is 10.7. The number of esters is 4. The van der Waals surface area contributed by atoms with Crippen molar-refractivity contribution in [2.45, 2.75) is 491 Å². The summed E-state index contributed by atoms with van der Waals surface area (Å²) >= 11 is 0. The molecule has 0 spiro atoms. The van der Waals surface area contributed by atoms with Gasteiger partial charge in [0, 0.05) is 25.7 Å². The average Bonchev–Trinajstić information content (AvgIpc) is 0.900. The molecule has 0 radical (unpaired) electrons. The molecule has 0 aromatic rings. The van der Waals surface area contributed by atoms with Crippen LogP contribution in [0.25, 0.3) is 0 Å². The van der Waals surface area contributed by atoms with Crippen LogP contribution in [0.5, 0.6) is 0 Å². The number of unbranched alkanes of at least 4 members (excludes halogenated alkanes) is 52. The molecule has 109 heavy (non-hydrogen) atoms. The number of rotatable bonds is 87. The van der Waals surface area contributed by atoms with E-state index in [0.29, 0.717) is 25.7 Å². The van der Waals surface area contributed by atoms with Gasteiger partial charge in [-0.25, -0.2) is 9.13 Å². The standard InChI is InChI=1S/C90H176O17P2/c1-9-83(8)69-61-53-45-37-29-23-19-15-11-13-17-21-25-31-39-48-56-64-72-89(94)106-85(76-100-87(92)70-62-54-46-38-30-24-20-16-12-10-14-18-22-27-34-42-50-58-66-80(2)3)78-104-108(96,97)102-74-84(91)75-103-109(98,99)105-79-86(77-101-88(93)71-63-55-47-41-33-36-44-52-60-68-82(6)7)107-90(95)73-65-57-49-40-32-26-28-35-43-51-59-67-81(4)5/h80-86,91H,9-79H2,1-8H3,(H,96,97)(H,98,99)/t83?,84-,85-,86-/m1/s1. The molecule has 0 saturated heterocycles. The van der Waals surface area contributed by atoms with Crippen LogP contribution < -0.4 is 0 Å². The SMILES string of the molecule is CCC(C)CCCCCCCCCCCCCCCCCCCCC(=O)O[C@H](COC(=O)CCCCCCCCCCCCCCCCCCCCC(C)C)COP(=O)(O)OC[C@@H](O)COP(=O)(O)OC[C@@H](COC(=O)CCCCCCCCCCCC(C)C)OC(=O)CCCCCCCCCCCCCC(C)C. The Morgan fingerprint density at radius 2 is 0.440 bits per heavy atom. The Morgan fingerprint density at radius 1 is 0.257 bits per heavy atom. The first-order chi connectivity index (χ1) is 52.6. The largest absolute Gasteiger partial charge is 0.472 e. The minimum absolute atomic E-state index is 0.106. The van der Waals surface area contributed by atoms with Crippen LogP contribution in [-0.2, 0) is 65.4 Å². The Bertz CT molecular complexity index is 2110. The predicted octanol–water partition coefficient (Wildman–Crippen LogP) is 27.5. The first-order valence-corrected chi connectivity index (χ1v) is 49.2. The van der Waals surface area contributed by atoms with E-state index in [1.807, 2.05) is 0 Å². The molecule has 0 aromatic heterocycles. The van der Waals surface area contributed by atoms with Gasteiger partial charge in [-0.1, -0.05) is 421 Å². The Balaban J connectivity index is 5.24.